The van der Waals surface area contributed by atoms with Crippen molar-refractivity contribution in [2.24, 2.45) is 17.8 Å². The first kappa shape index (κ1) is 85.1. The monoisotopic (exact) mass is 1210 g/mol. The van der Waals surface area contributed by atoms with E-state index in [0.29, 0.717) is 18.8 Å². The van der Waals surface area contributed by atoms with Crippen molar-refractivity contribution in [3.05, 3.63) is 12.2 Å². The van der Waals surface area contributed by atoms with Crippen LogP contribution in [0.25, 0.3) is 0 Å². The highest BCUT2D eigenvalue weighted by molar-refractivity contribution is 5.70. The molecule has 514 valence electrons. The third-order valence-corrected chi connectivity index (χ3v) is 20.3. The van der Waals surface area contributed by atoms with Crippen LogP contribution in [-0.4, -0.2) is 33.5 Å². The van der Waals surface area contributed by atoms with Gasteiger partial charge in [-0.2, -0.15) is 0 Å². The molecule has 4 heteroatoms. The van der Waals surface area contributed by atoms with Crippen LogP contribution in [0.2, 0.25) is 0 Å². The third-order valence-electron chi connectivity index (χ3n) is 20.3. The molecule has 0 aliphatic heterocycles. The van der Waals surface area contributed by atoms with Crippen molar-refractivity contribution >= 4 is 5.97 Å². The number of carbonyl (C=O) groups is 1. The average molecular weight is 1210 g/mol. The fourth-order valence-electron chi connectivity index (χ4n) is 13.9. The van der Waals surface area contributed by atoms with Gasteiger partial charge in [-0.15, -0.1) is 0 Å². The fourth-order valence-corrected chi connectivity index (χ4v) is 13.9. The number of unbranched alkanes of at least 4 members (excludes halogenated alkanes) is 61. The van der Waals surface area contributed by atoms with Crippen LogP contribution in [0.15, 0.2) is 12.2 Å². The van der Waals surface area contributed by atoms with Gasteiger partial charge in [-0.3, -0.25) is 4.79 Å². The highest BCUT2D eigenvalue weighted by Crippen LogP contribution is 2.24. The van der Waals surface area contributed by atoms with Gasteiger partial charge in [-0.05, 0) is 56.8 Å². The molecule has 0 saturated heterocycles. The molecule has 0 fully saturated rings. The van der Waals surface area contributed by atoms with E-state index < -0.39 is 18.0 Å². The number of aliphatic hydroxyl groups excluding tert-OH is 2. The molecule has 0 unspecified atom stereocenters. The molecule has 0 heterocycles. The van der Waals surface area contributed by atoms with Gasteiger partial charge in [-0.25, -0.2) is 0 Å². The first-order chi connectivity index (χ1) is 42.3. The third kappa shape index (κ3) is 67.5. The molecule has 5 atom stereocenters. The quantitative estimate of drug-likeness (QED) is 0.0419. The molecule has 0 spiro atoms. The lowest BCUT2D eigenvalue weighted by Gasteiger charge is -2.19. The van der Waals surface area contributed by atoms with Gasteiger partial charge in [0.1, 0.15) is 0 Å². The van der Waals surface area contributed by atoms with Gasteiger partial charge in [0, 0.05) is 0 Å². The van der Waals surface area contributed by atoms with Crippen LogP contribution in [0.5, 0.6) is 0 Å². The Bertz CT molecular complexity index is 1280. The van der Waals surface area contributed by atoms with Crippen LogP contribution in [-0.2, 0) is 4.79 Å². The molecule has 86 heavy (non-hydrogen) atoms. The zero-order valence-corrected chi connectivity index (χ0v) is 59.8. The van der Waals surface area contributed by atoms with E-state index in [0.717, 1.165) is 38.0 Å². The van der Waals surface area contributed by atoms with Crippen molar-refractivity contribution in [3.63, 3.8) is 0 Å². The SMILES string of the molecule is CCCCCCCCCCCCCCCCCCCCCC[C@@H](C(=O)O)[C@H](O)CCCCCCCCCCCCCCCCC[C@@H](C)C=CCCCCCCCCCCCCCCC[C@@H](O)[C@H](C)CCCCCCCCCCCCCCCCCC. The Hall–Kier alpha value is -0.870. The molecule has 0 bridgehead atoms. The number of rotatable bonds is 76. The second kappa shape index (κ2) is 73.2. The van der Waals surface area contributed by atoms with Gasteiger partial charge in [0.15, 0.2) is 0 Å². The second-order valence-corrected chi connectivity index (χ2v) is 29.1. The highest BCUT2D eigenvalue weighted by atomic mass is 16.4. The Morgan fingerprint density at radius 1 is 0.267 bits per heavy atom. The summed E-state index contributed by atoms with van der Waals surface area (Å²) in [5, 5.41) is 31.3. The van der Waals surface area contributed by atoms with Crippen molar-refractivity contribution in [2.45, 2.75) is 489 Å². The fraction of sp³-hybridized carbons (Fsp3) is 0.963. The Kier molecular flexibility index (Phi) is 72.4. The molecule has 0 aromatic heterocycles. The van der Waals surface area contributed by atoms with E-state index >= 15 is 0 Å². The summed E-state index contributed by atoms with van der Waals surface area (Å²) in [4.78, 5) is 11.9. The molecule has 0 saturated carbocycles. The first-order valence-electron chi connectivity index (χ1n) is 40.6. The molecule has 0 amide bonds. The minimum atomic E-state index is -0.803. The first-order valence-corrected chi connectivity index (χ1v) is 40.6. The Balaban J connectivity index is 3.44. The van der Waals surface area contributed by atoms with Crippen molar-refractivity contribution < 1.29 is 20.1 Å². The van der Waals surface area contributed by atoms with Crippen LogP contribution in [0.3, 0.4) is 0 Å². The predicted molar refractivity (Wildman–Crippen MR) is 385 cm³/mol. The lowest BCUT2D eigenvalue weighted by atomic mass is 9.91. The van der Waals surface area contributed by atoms with Gasteiger partial charge in [0.05, 0.1) is 18.1 Å². The topological polar surface area (TPSA) is 77.8 Å². The molecule has 0 radical (unpaired) electrons. The number of carboxylic acid groups (broad SMARTS) is 1. The van der Waals surface area contributed by atoms with Crippen molar-refractivity contribution in [1.29, 1.82) is 0 Å². The van der Waals surface area contributed by atoms with E-state index in [9.17, 15) is 20.1 Å². The minimum Gasteiger partial charge on any atom is -0.481 e. The maximum absolute atomic E-state index is 11.9. The van der Waals surface area contributed by atoms with E-state index in [1.165, 1.54) is 405 Å². The van der Waals surface area contributed by atoms with E-state index in [1.54, 1.807) is 0 Å². The molecule has 0 aromatic rings. The summed E-state index contributed by atoms with van der Waals surface area (Å²) < 4.78 is 0. The standard InChI is InChI=1S/C82H162O4/c1-5-7-9-11-13-15-17-19-21-23-24-25-26-32-38-44-50-56-62-68-74-79(82(85)86)81(84)76-70-64-58-52-46-40-34-28-30-36-42-48-54-60-66-72-77(3)71-65-59-53-47-41-35-29-27-33-39-45-51-57-63-69-75-80(83)78(4)73-67-61-55-49-43-37-31-22-20-18-16-14-12-10-8-6-2/h65,71,77-81,83-84H,5-64,66-70,72-76H2,1-4H3,(H,85,86)/t77-,78+,79+,80+,81+/m0/s1. The molecule has 0 aliphatic rings. The van der Waals surface area contributed by atoms with Gasteiger partial charge in [0.2, 0.25) is 0 Å². The van der Waals surface area contributed by atoms with Crippen molar-refractivity contribution in [1.82, 2.24) is 0 Å². The molecule has 0 aliphatic carbocycles. The van der Waals surface area contributed by atoms with E-state index in [-0.39, 0.29) is 6.10 Å². The molecular weight excluding hydrogens is 1050 g/mol. The maximum atomic E-state index is 11.9. The van der Waals surface area contributed by atoms with Crippen LogP contribution in [0, 0.1) is 17.8 Å². The summed E-state index contributed by atoms with van der Waals surface area (Å²) in [7, 11) is 0. The Labute approximate surface area is 542 Å². The number of aliphatic carboxylic acids is 1. The zero-order valence-electron chi connectivity index (χ0n) is 59.8. The lowest BCUT2D eigenvalue weighted by Crippen LogP contribution is -2.28. The minimum absolute atomic E-state index is 0.0854. The summed E-state index contributed by atoms with van der Waals surface area (Å²) >= 11 is 0. The van der Waals surface area contributed by atoms with Gasteiger partial charge in [-0.1, -0.05) is 444 Å². The molecule has 0 aromatic carbocycles. The predicted octanol–water partition coefficient (Wildman–Crippen LogP) is 28.6. The zero-order chi connectivity index (χ0) is 62.4. The summed E-state index contributed by atoms with van der Waals surface area (Å²) in [6.07, 6.45) is 98.0. The molecule has 4 nitrogen and oxygen atoms in total. The van der Waals surface area contributed by atoms with Crippen LogP contribution >= 0.6 is 0 Å². The number of hydrogen-bond acceptors (Lipinski definition) is 3. The number of carboxylic acids is 1. The largest absolute Gasteiger partial charge is 0.481 e. The van der Waals surface area contributed by atoms with Crippen molar-refractivity contribution in [3.8, 4) is 0 Å². The van der Waals surface area contributed by atoms with E-state index in [4.69, 9.17) is 0 Å². The smallest absolute Gasteiger partial charge is 0.309 e. The van der Waals surface area contributed by atoms with Crippen LogP contribution in [0.1, 0.15) is 477 Å². The van der Waals surface area contributed by atoms with Crippen LogP contribution in [0.4, 0.5) is 0 Å². The van der Waals surface area contributed by atoms with E-state index in [1.807, 2.05) is 0 Å². The summed E-state index contributed by atoms with van der Waals surface area (Å²) in [5.74, 6) is -0.186. The summed E-state index contributed by atoms with van der Waals surface area (Å²) in [6.45, 7) is 9.30. The molecule has 0 rings (SSSR count). The number of hydrogen-bond donors (Lipinski definition) is 3. The maximum Gasteiger partial charge on any atom is 0.309 e. The average Bonchev–Trinajstić information content (AvgIpc) is 3.51. The van der Waals surface area contributed by atoms with Gasteiger partial charge < -0.3 is 15.3 Å². The Morgan fingerprint density at radius 3 is 0.744 bits per heavy atom. The molecular formula is C82H162O4. The molecule has 3 N–H and O–H groups in total. The van der Waals surface area contributed by atoms with Crippen molar-refractivity contribution in [2.75, 3.05) is 0 Å². The lowest BCUT2D eigenvalue weighted by molar-refractivity contribution is -0.146. The highest BCUT2D eigenvalue weighted by Gasteiger charge is 2.25. The van der Waals surface area contributed by atoms with Crippen LogP contribution < -0.4 is 0 Å². The van der Waals surface area contributed by atoms with Gasteiger partial charge in [0.25, 0.3) is 0 Å². The number of aliphatic hydroxyl groups is 2. The summed E-state index contributed by atoms with van der Waals surface area (Å²) in [6, 6.07) is 0. The Morgan fingerprint density at radius 2 is 0.477 bits per heavy atom. The number of allylic oxidation sites excluding steroid dienone is 2. The van der Waals surface area contributed by atoms with Gasteiger partial charge >= 0.3 is 5.97 Å². The van der Waals surface area contributed by atoms with E-state index in [2.05, 4.69) is 39.8 Å². The summed E-state index contributed by atoms with van der Waals surface area (Å²) in [5.41, 5.74) is 0. The normalized spacial score (nSPS) is 13.7. The second-order valence-electron chi connectivity index (χ2n) is 29.1.